The molecule has 4 rings (SSSR count). The number of anilines is 2. The topological polar surface area (TPSA) is 74.8 Å². The lowest BCUT2D eigenvalue weighted by Crippen LogP contribution is -2.40. The molecule has 0 radical (unpaired) electrons. The van der Waals surface area contributed by atoms with Gasteiger partial charge in [-0.15, -0.1) is 0 Å². The number of carbonyl (C=O) groups excluding carboxylic acids is 2. The maximum absolute atomic E-state index is 13.2. The Morgan fingerprint density at radius 3 is 2.69 bits per heavy atom. The summed E-state index contributed by atoms with van der Waals surface area (Å²) in [5, 5.41) is 0.539. The van der Waals surface area contributed by atoms with Crippen LogP contribution >= 0.6 is 11.6 Å². The van der Waals surface area contributed by atoms with Gasteiger partial charge in [0, 0.05) is 42.2 Å². The average molecular weight is 433 g/mol. The molecule has 1 unspecified atom stereocenters. The summed E-state index contributed by atoms with van der Waals surface area (Å²) in [6, 6.07) is 11.9. The number of fused-ring (bicyclic) bond motifs is 1. The predicted octanol–water partition coefficient (Wildman–Crippen LogP) is 3.08. The number of amides is 2. The van der Waals surface area contributed by atoms with Crippen LogP contribution in [0.5, 0.6) is 0 Å². The summed E-state index contributed by atoms with van der Waals surface area (Å²) in [6.45, 7) is 0.872. The van der Waals surface area contributed by atoms with Crippen LogP contribution in [-0.2, 0) is 25.8 Å². The Morgan fingerprint density at radius 2 is 1.97 bits per heavy atom. The van der Waals surface area contributed by atoms with Crippen molar-refractivity contribution in [2.45, 2.75) is 24.2 Å². The number of halogens is 1. The first-order chi connectivity index (χ1) is 13.7. The Bertz CT molecular complexity index is 1100. The predicted molar refractivity (Wildman–Crippen MR) is 112 cm³/mol. The standard InChI is InChI=1S/C21H21ClN2O4S/c1-29(27,28)18-7-8-19-14(10-18)4-3-9-23(19)21(26)15-11-20(25)24(13-15)17-6-2-5-16(22)12-17/h2,5-8,10,12,15H,3-4,9,11,13H2,1H3. The number of benzene rings is 2. The minimum absolute atomic E-state index is 0.101. The summed E-state index contributed by atoms with van der Waals surface area (Å²) >= 11 is 6.04. The van der Waals surface area contributed by atoms with E-state index in [9.17, 15) is 18.0 Å². The zero-order chi connectivity index (χ0) is 20.8. The molecule has 8 heteroatoms. The van der Waals surface area contributed by atoms with E-state index in [2.05, 4.69) is 0 Å². The molecule has 2 aromatic carbocycles. The lowest BCUT2D eigenvalue weighted by molar-refractivity contribution is -0.124. The van der Waals surface area contributed by atoms with E-state index in [-0.39, 0.29) is 23.1 Å². The van der Waals surface area contributed by atoms with Crippen LogP contribution in [0, 0.1) is 5.92 Å². The van der Waals surface area contributed by atoms with E-state index in [1.807, 2.05) is 0 Å². The number of nitrogens with zero attached hydrogens (tertiary/aromatic N) is 2. The minimum Gasteiger partial charge on any atom is -0.312 e. The maximum atomic E-state index is 13.2. The third-order valence-electron chi connectivity index (χ3n) is 5.46. The van der Waals surface area contributed by atoms with Gasteiger partial charge in [-0.2, -0.15) is 0 Å². The molecule has 1 fully saturated rings. The van der Waals surface area contributed by atoms with E-state index in [0.29, 0.717) is 23.8 Å². The Morgan fingerprint density at radius 1 is 1.17 bits per heavy atom. The Balaban J connectivity index is 1.58. The highest BCUT2D eigenvalue weighted by molar-refractivity contribution is 7.90. The van der Waals surface area contributed by atoms with Gasteiger partial charge in [-0.25, -0.2) is 8.42 Å². The molecule has 0 bridgehead atoms. The van der Waals surface area contributed by atoms with Gasteiger partial charge in [-0.05, 0) is 54.8 Å². The molecule has 2 heterocycles. The number of hydrogen-bond donors (Lipinski definition) is 0. The molecule has 152 valence electrons. The zero-order valence-electron chi connectivity index (χ0n) is 16.0. The van der Waals surface area contributed by atoms with Gasteiger partial charge in [0.05, 0.1) is 10.8 Å². The van der Waals surface area contributed by atoms with E-state index in [1.165, 1.54) is 12.3 Å². The number of carbonyl (C=O) groups is 2. The molecule has 6 nitrogen and oxygen atoms in total. The quantitative estimate of drug-likeness (QED) is 0.747. The number of sulfone groups is 1. The number of hydrogen-bond acceptors (Lipinski definition) is 4. The average Bonchev–Trinajstić information content (AvgIpc) is 3.07. The van der Waals surface area contributed by atoms with Crippen molar-refractivity contribution in [2.24, 2.45) is 5.92 Å². The Kier molecular flexibility index (Phi) is 5.12. The van der Waals surface area contributed by atoms with Crippen LogP contribution in [0.4, 0.5) is 11.4 Å². The molecule has 0 N–H and O–H groups in total. The monoisotopic (exact) mass is 432 g/mol. The van der Waals surface area contributed by atoms with Gasteiger partial charge in [0.2, 0.25) is 11.8 Å². The van der Waals surface area contributed by atoms with Gasteiger partial charge in [0.25, 0.3) is 0 Å². The SMILES string of the molecule is CS(=O)(=O)c1ccc2c(c1)CCCN2C(=O)C1CC(=O)N(c2cccc(Cl)c2)C1. The highest BCUT2D eigenvalue weighted by Crippen LogP contribution is 2.33. The van der Waals surface area contributed by atoms with Gasteiger partial charge in [0.1, 0.15) is 0 Å². The molecule has 0 spiro atoms. The molecule has 0 aliphatic carbocycles. The molecule has 29 heavy (non-hydrogen) atoms. The molecule has 2 aliphatic heterocycles. The molecule has 0 aromatic heterocycles. The van der Waals surface area contributed by atoms with Crippen molar-refractivity contribution in [3.63, 3.8) is 0 Å². The van der Waals surface area contributed by atoms with Crippen molar-refractivity contribution in [3.05, 3.63) is 53.1 Å². The second-order valence-corrected chi connectivity index (χ2v) is 9.99. The van der Waals surface area contributed by atoms with Crippen LogP contribution in [-0.4, -0.2) is 39.6 Å². The minimum atomic E-state index is -3.30. The third-order valence-corrected chi connectivity index (χ3v) is 6.80. The molecular formula is C21H21ClN2O4S. The van der Waals surface area contributed by atoms with Gasteiger partial charge in [-0.3, -0.25) is 9.59 Å². The van der Waals surface area contributed by atoms with Crippen LogP contribution in [0.3, 0.4) is 0 Å². The molecule has 2 aromatic rings. The lowest BCUT2D eigenvalue weighted by atomic mass is 9.99. The van der Waals surface area contributed by atoms with Crippen LogP contribution in [0.25, 0.3) is 0 Å². The van der Waals surface area contributed by atoms with Crippen molar-refractivity contribution < 1.29 is 18.0 Å². The second kappa shape index (κ2) is 7.46. The van der Waals surface area contributed by atoms with Crippen LogP contribution < -0.4 is 9.80 Å². The van der Waals surface area contributed by atoms with Crippen molar-refractivity contribution in [1.29, 1.82) is 0 Å². The first kappa shape index (κ1) is 19.9. The van der Waals surface area contributed by atoms with Gasteiger partial charge in [0.15, 0.2) is 9.84 Å². The first-order valence-corrected chi connectivity index (χ1v) is 11.7. The fourth-order valence-electron chi connectivity index (χ4n) is 4.02. The summed E-state index contributed by atoms with van der Waals surface area (Å²) in [5.74, 6) is -0.645. The lowest BCUT2D eigenvalue weighted by Gasteiger charge is -2.31. The van der Waals surface area contributed by atoms with E-state index in [1.54, 1.807) is 46.2 Å². The van der Waals surface area contributed by atoms with Crippen molar-refractivity contribution in [1.82, 2.24) is 0 Å². The summed E-state index contributed by atoms with van der Waals surface area (Å²) in [5.41, 5.74) is 2.28. The fraction of sp³-hybridized carbons (Fsp3) is 0.333. The summed E-state index contributed by atoms with van der Waals surface area (Å²) in [6.07, 6.45) is 2.80. The molecule has 1 saturated heterocycles. The summed E-state index contributed by atoms with van der Waals surface area (Å²) < 4.78 is 23.7. The second-order valence-electron chi connectivity index (χ2n) is 7.54. The third kappa shape index (κ3) is 3.89. The molecule has 0 saturated carbocycles. The van der Waals surface area contributed by atoms with E-state index in [0.717, 1.165) is 24.1 Å². The molecule has 1 atom stereocenters. The number of rotatable bonds is 3. The maximum Gasteiger partial charge on any atom is 0.232 e. The van der Waals surface area contributed by atoms with Crippen molar-refractivity contribution in [2.75, 3.05) is 29.1 Å². The summed E-state index contributed by atoms with van der Waals surface area (Å²) in [4.78, 5) is 29.3. The van der Waals surface area contributed by atoms with Gasteiger partial charge in [-0.1, -0.05) is 17.7 Å². The van der Waals surface area contributed by atoms with Gasteiger partial charge >= 0.3 is 0 Å². The highest BCUT2D eigenvalue weighted by Gasteiger charge is 2.38. The van der Waals surface area contributed by atoms with Crippen LogP contribution in [0.2, 0.25) is 5.02 Å². The van der Waals surface area contributed by atoms with E-state index in [4.69, 9.17) is 11.6 Å². The van der Waals surface area contributed by atoms with Crippen molar-refractivity contribution >= 4 is 44.6 Å². The Labute approximate surface area is 175 Å². The first-order valence-electron chi connectivity index (χ1n) is 9.44. The Hall–Kier alpha value is -2.38. The molecule has 2 amide bonds. The normalized spacial score (nSPS) is 19.4. The van der Waals surface area contributed by atoms with Crippen LogP contribution in [0.1, 0.15) is 18.4 Å². The zero-order valence-corrected chi connectivity index (χ0v) is 17.5. The fourth-order valence-corrected chi connectivity index (χ4v) is 4.88. The van der Waals surface area contributed by atoms with Gasteiger partial charge < -0.3 is 9.80 Å². The van der Waals surface area contributed by atoms with Crippen molar-refractivity contribution in [3.8, 4) is 0 Å². The van der Waals surface area contributed by atoms with Crippen LogP contribution in [0.15, 0.2) is 47.4 Å². The molecule has 2 aliphatic rings. The molecular weight excluding hydrogens is 412 g/mol. The highest BCUT2D eigenvalue weighted by atomic mass is 35.5. The summed E-state index contributed by atoms with van der Waals surface area (Å²) in [7, 11) is -3.30. The van der Waals surface area contributed by atoms with E-state index >= 15 is 0 Å². The number of aryl methyl sites for hydroxylation is 1. The van der Waals surface area contributed by atoms with E-state index < -0.39 is 15.8 Å². The smallest absolute Gasteiger partial charge is 0.232 e. The largest absolute Gasteiger partial charge is 0.312 e.